The highest BCUT2D eigenvalue weighted by Crippen LogP contribution is 2.44. The Balaban J connectivity index is 1.31. The van der Waals surface area contributed by atoms with Crippen molar-refractivity contribution in [2.75, 3.05) is 19.7 Å². The normalized spacial score (nSPS) is 17.4. The van der Waals surface area contributed by atoms with Crippen LogP contribution in [0.15, 0.2) is 78.9 Å². The van der Waals surface area contributed by atoms with E-state index in [1.807, 2.05) is 49.4 Å². The largest absolute Gasteiger partial charge is 0.480 e. The van der Waals surface area contributed by atoms with E-state index in [9.17, 15) is 19.5 Å². The number of hydrogen-bond acceptors (Lipinski definition) is 5. The number of fused-ring (bicyclic) bond motifs is 3. The van der Waals surface area contributed by atoms with E-state index >= 15 is 0 Å². The molecule has 8 heteroatoms. The van der Waals surface area contributed by atoms with Crippen molar-refractivity contribution in [3.05, 3.63) is 95.6 Å². The van der Waals surface area contributed by atoms with Crippen LogP contribution >= 0.6 is 0 Å². The van der Waals surface area contributed by atoms with Crippen LogP contribution in [0.5, 0.6) is 0 Å². The third-order valence-corrected chi connectivity index (χ3v) is 8.84. The highest BCUT2D eigenvalue weighted by Gasteiger charge is 2.45. The summed E-state index contributed by atoms with van der Waals surface area (Å²) >= 11 is 0. The molecule has 1 saturated heterocycles. The quantitative estimate of drug-likeness (QED) is 0.311. The summed E-state index contributed by atoms with van der Waals surface area (Å²) in [5.41, 5.74) is 4.36. The third kappa shape index (κ3) is 6.19. The molecule has 2 unspecified atom stereocenters. The minimum atomic E-state index is -1.28. The van der Waals surface area contributed by atoms with Gasteiger partial charge in [-0.1, -0.05) is 99.1 Å². The van der Waals surface area contributed by atoms with Crippen molar-refractivity contribution >= 4 is 18.0 Å². The Morgan fingerprint density at radius 2 is 1.50 bits per heavy atom. The van der Waals surface area contributed by atoms with Crippen molar-refractivity contribution in [1.29, 1.82) is 0 Å². The molecule has 8 nitrogen and oxygen atoms in total. The lowest BCUT2D eigenvalue weighted by atomic mass is 9.85. The van der Waals surface area contributed by atoms with E-state index in [1.165, 1.54) is 5.56 Å². The summed E-state index contributed by atoms with van der Waals surface area (Å²) in [6.45, 7) is 5.67. The summed E-state index contributed by atoms with van der Waals surface area (Å²) in [6, 6.07) is 25.3. The predicted molar refractivity (Wildman–Crippen MR) is 161 cm³/mol. The van der Waals surface area contributed by atoms with Crippen LogP contribution in [-0.4, -0.2) is 59.3 Å². The Hall–Kier alpha value is -4.17. The Bertz CT molecular complexity index is 1370. The molecule has 42 heavy (non-hydrogen) atoms. The van der Waals surface area contributed by atoms with E-state index in [1.54, 1.807) is 6.92 Å². The number of piperidine rings is 1. The van der Waals surface area contributed by atoms with Gasteiger partial charge in [0, 0.05) is 25.6 Å². The molecule has 2 aliphatic rings. The number of carboxylic acids is 1. The molecular formula is C34H39N3O5. The number of likely N-dealkylation sites (tertiary alicyclic amines) is 1. The van der Waals surface area contributed by atoms with Gasteiger partial charge in [-0.2, -0.15) is 0 Å². The minimum Gasteiger partial charge on any atom is -0.480 e. The number of nitrogens with one attached hydrogen (secondary N) is 2. The number of amides is 2. The first-order chi connectivity index (χ1) is 20.3. The first-order valence-electron chi connectivity index (χ1n) is 14.7. The molecule has 5 rings (SSSR count). The Labute approximate surface area is 247 Å². The summed E-state index contributed by atoms with van der Waals surface area (Å²) in [5.74, 6) is -1.95. The van der Waals surface area contributed by atoms with Gasteiger partial charge in [0.1, 0.15) is 18.2 Å². The summed E-state index contributed by atoms with van der Waals surface area (Å²) in [5, 5.41) is 15.5. The van der Waals surface area contributed by atoms with Crippen LogP contribution in [0.4, 0.5) is 4.79 Å². The number of aliphatic carboxylic acids is 1. The number of benzene rings is 3. The number of carbonyl (C=O) groups is 3. The van der Waals surface area contributed by atoms with Crippen molar-refractivity contribution in [1.82, 2.24) is 15.5 Å². The maximum Gasteiger partial charge on any atom is 0.408 e. The molecule has 0 aromatic heterocycles. The molecule has 0 bridgehead atoms. The molecule has 0 radical (unpaired) electrons. The zero-order valence-corrected chi connectivity index (χ0v) is 24.2. The van der Waals surface area contributed by atoms with Gasteiger partial charge in [0.2, 0.25) is 5.91 Å². The average molecular weight is 570 g/mol. The topological polar surface area (TPSA) is 108 Å². The molecule has 0 spiro atoms. The van der Waals surface area contributed by atoms with E-state index in [4.69, 9.17) is 4.74 Å². The SMILES string of the molecule is CCC(C)C(NC(=O)C1(NC(=O)OCC2c3ccccc3-c3ccccc32)CCN(Cc2ccccc2)CC1)C(=O)O. The number of nitrogens with zero attached hydrogens (tertiary/aromatic N) is 1. The van der Waals surface area contributed by atoms with Gasteiger partial charge in [-0.25, -0.2) is 9.59 Å². The second-order valence-corrected chi connectivity index (χ2v) is 11.5. The van der Waals surface area contributed by atoms with Gasteiger partial charge in [0.05, 0.1) is 0 Å². The van der Waals surface area contributed by atoms with Gasteiger partial charge in [-0.3, -0.25) is 9.69 Å². The van der Waals surface area contributed by atoms with E-state index in [2.05, 4.69) is 51.9 Å². The van der Waals surface area contributed by atoms with Crippen LogP contribution in [0.2, 0.25) is 0 Å². The lowest BCUT2D eigenvalue weighted by molar-refractivity contribution is -0.145. The molecule has 3 aromatic rings. The lowest BCUT2D eigenvalue weighted by Gasteiger charge is -2.41. The average Bonchev–Trinajstić information content (AvgIpc) is 3.33. The molecule has 3 aromatic carbocycles. The van der Waals surface area contributed by atoms with Crippen LogP contribution in [-0.2, 0) is 20.9 Å². The van der Waals surface area contributed by atoms with Crippen LogP contribution in [0.1, 0.15) is 55.7 Å². The third-order valence-electron chi connectivity index (χ3n) is 8.84. The number of carboxylic acid groups (broad SMARTS) is 1. The van der Waals surface area contributed by atoms with Crippen molar-refractivity contribution in [2.24, 2.45) is 5.92 Å². The van der Waals surface area contributed by atoms with E-state index in [0.29, 0.717) is 32.4 Å². The van der Waals surface area contributed by atoms with Gasteiger partial charge in [0.25, 0.3) is 0 Å². The second kappa shape index (κ2) is 12.8. The maximum atomic E-state index is 13.8. The van der Waals surface area contributed by atoms with Crippen molar-refractivity contribution in [3.63, 3.8) is 0 Å². The molecule has 1 aliphatic carbocycles. The van der Waals surface area contributed by atoms with Crippen molar-refractivity contribution in [2.45, 2.75) is 57.2 Å². The fourth-order valence-electron chi connectivity index (χ4n) is 6.14. The van der Waals surface area contributed by atoms with Gasteiger partial charge in [-0.05, 0) is 46.6 Å². The molecular weight excluding hydrogens is 530 g/mol. The fourth-order valence-corrected chi connectivity index (χ4v) is 6.14. The molecule has 1 aliphatic heterocycles. The Morgan fingerprint density at radius 3 is 2.07 bits per heavy atom. The van der Waals surface area contributed by atoms with Crippen LogP contribution < -0.4 is 10.6 Å². The number of rotatable bonds is 10. The van der Waals surface area contributed by atoms with Gasteiger partial charge < -0.3 is 20.5 Å². The van der Waals surface area contributed by atoms with Gasteiger partial charge >= 0.3 is 12.1 Å². The predicted octanol–water partition coefficient (Wildman–Crippen LogP) is 5.18. The number of hydrogen-bond donors (Lipinski definition) is 3. The summed E-state index contributed by atoms with van der Waals surface area (Å²) in [7, 11) is 0. The molecule has 220 valence electrons. The maximum absolute atomic E-state index is 13.8. The molecule has 2 atom stereocenters. The molecule has 1 heterocycles. The number of alkyl carbamates (subject to hydrolysis) is 1. The lowest BCUT2D eigenvalue weighted by Crippen LogP contribution is -2.65. The van der Waals surface area contributed by atoms with Gasteiger partial charge in [-0.15, -0.1) is 0 Å². The Kier molecular flexibility index (Phi) is 8.92. The molecule has 1 fully saturated rings. The molecule has 0 saturated carbocycles. The fraction of sp³-hybridized carbons (Fsp3) is 0.382. The summed E-state index contributed by atoms with van der Waals surface area (Å²) in [4.78, 5) is 41.4. The van der Waals surface area contributed by atoms with E-state index in [-0.39, 0.29) is 18.4 Å². The highest BCUT2D eigenvalue weighted by atomic mass is 16.5. The second-order valence-electron chi connectivity index (χ2n) is 11.5. The first kappa shape index (κ1) is 29.3. The van der Waals surface area contributed by atoms with Crippen LogP contribution in [0.3, 0.4) is 0 Å². The van der Waals surface area contributed by atoms with Gasteiger partial charge in [0.15, 0.2) is 0 Å². The number of ether oxygens (including phenoxy) is 1. The highest BCUT2D eigenvalue weighted by molar-refractivity contribution is 5.93. The van der Waals surface area contributed by atoms with Crippen LogP contribution in [0, 0.1) is 5.92 Å². The smallest absolute Gasteiger partial charge is 0.408 e. The van der Waals surface area contributed by atoms with Crippen molar-refractivity contribution in [3.8, 4) is 11.1 Å². The Morgan fingerprint density at radius 1 is 0.929 bits per heavy atom. The molecule has 3 N–H and O–H groups in total. The zero-order valence-electron chi connectivity index (χ0n) is 24.2. The first-order valence-corrected chi connectivity index (χ1v) is 14.7. The summed E-state index contributed by atoms with van der Waals surface area (Å²) < 4.78 is 5.80. The monoisotopic (exact) mass is 569 g/mol. The minimum absolute atomic E-state index is 0.109. The summed E-state index contributed by atoms with van der Waals surface area (Å²) in [6.07, 6.45) is 0.583. The molecule has 2 amide bonds. The van der Waals surface area contributed by atoms with E-state index < -0.39 is 29.6 Å². The number of carbonyl (C=O) groups excluding carboxylic acids is 2. The van der Waals surface area contributed by atoms with E-state index in [0.717, 1.165) is 28.8 Å². The van der Waals surface area contributed by atoms with Crippen LogP contribution in [0.25, 0.3) is 11.1 Å². The zero-order chi connectivity index (χ0) is 29.7. The standard InChI is InChI=1S/C34H39N3O5/c1-3-23(2)30(31(38)39)35-32(40)34(17-19-37(20-18-34)21-24-11-5-4-6-12-24)36-33(41)42-22-29-27-15-9-7-13-25(27)26-14-8-10-16-28(26)29/h4-16,23,29-30H,3,17-22H2,1-2H3,(H,35,40)(H,36,41)(H,38,39). The van der Waals surface area contributed by atoms with Crippen molar-refractivity contribution < 1.29 is 24.2 Å².